The maximum atomic E-state index is 10.6. The van der Waals surface area contributed by atoms with Crippen LogP contribution in [-0.4, -0.2) is 21.2 Å². The molecular formula is C12H12N4O2. The van der Waals surface area contributed by atoms with Crippen LogP contribution in [0.15, 0.2) is 30.5 Å². The van der Waals surface area contributed by atoms with Crippen LogP contribution in [0.3, 0.4) is 0 Å². The van der Waals surface area contributed by atoms with Crippen molar-refractivity contribution in [3.05, 3.63) is 46.3 Å². The van der Waals surface area contributed by atoms with Crippen molar-refractivity contribution >= 4 is 5.69 Å². The van der Waals surface area contributed by atoms with Gasteiger partial charge in [0.25, 0.3) is 5.69 Å². The number of hydrogen-bond acceptors (Lipinski definition) is 4. The van der Waals surface area contributed by atoms with Gasteiger partial charge in [0, 0.05) is 30.8 Å². The second-order valence-electron chi connectivity index (χ2n) is 4.21. The summed E-state index contributed by atoms with van der Waals surface area (Å²) in [6.45, 7) is 2.57. The highest BCUT2D eigenvalue weighted by Crippen LogP contribution is 2.26. The molecule has 0 bridgehead atoms. The average Bonchev–Trinajstić information content (AvgIpc) is 2.82. The molecule has 6 nitrogen and oxygen atoms in total. The molecule has 92 valence electrons. The molecule has 18 heavy (non-hydrogen) atoms. The Balaban J connectivity index is 1.99. The summed E-state index contributed by atoms with van der Waals surface area (Å²) in [5, 5.41) is 18.2. The monoisotopic (exact) mass is 244 g/mol. The Bertz CT molecular complexity index is 589. The number of nitrogens with one attached hydrogen (secondary N) is 1. The second kappa shape index (κ2) is 4.23. The van der Waals surface area contributed by atoms with Crippen LogP contribution in [0, 0.1) is 10.1 Å². The Hall–Kier alpha value is -2.21. The Kier molecular flexibility index (Phi) is 2.56. The Morgan fingerprint density at radius 3 is 2.83 bits per heavy atom. The van der Waals surface area contributed by atoms with Gasteiger partial charge in [-0.15, -0.1) is 0 Å². The SMILES string of the molecule is O=[N+]([O-])c1ccc(-c2cnn3c2CNCC3)cc1. The first-order valence-electron chi connectivity index (χ1n) is 5.76. The molecule has 0 unspecified atom stereocenters. The molecular weight excluding hydrogens is 232 g/mol. The summed E-state index contributed by atoms with van der Waals surface area (Å²) in [6.07, 6.45) is 1.82. The van der Waals surface area contributed by atoms with E-state index in [1.54, 1.807) is 12.1 Å². The number of aromatic nitrogens is 2. The first-order chi connectivity index (χ1) is 8.75. The van der Waals surface area contributed by atoms with Gasteiger partial charge in [-0.1, -0.05) is 0 Å². The third-order valence-electron chi connectivity index (χ3n) is 3.13. The van der Waals surface area contributed by atoms with Crippen molar-refractivity contribution in [2.45, 2.75) is 13.1 Å². The molecule has 1 aliphatic rings. The first-order valence-corrected chi connectivity index (χ1v) is 5.76. The molecule has 0 aliphatic carbocycles. The summed E-state index contributed by atoms with van der Waals surface area (Å²) in [6, 6.07) is 6.58. The van der Waals surface area contributed by atoms with Crippen LogP contribution >= 0.6 is 0 Å². The summed E-state index contributed by atoms with van der Waals surface area (Å²) in [7, 11) is 0. The smallest absolute Gasteiger partial charge is 0.269 e. The fraction of sp³-hybridized carbons (Fsp3) is 0.250. The number of nitrogens with zero attached hydrogens (tertiary/aromatic N) is 3. The van der Waals surface area contributed by atoms with Crippen LogP contribution in [0.2, 0.25) is 0 Å². The largest absolute Gasteiger partial charge is 0.309 e. The molecule has 0 amide bonds. The normalized spacial score (nSPS) is 14.2. The lowest BCUT2D eigenvalue weighted by molar-refractivity contribution is -0.384. The highest BCUT2D eigenvalue weighted by Gasteiger charge is 2.16. The van der Waals surface area contributed by atoms with Gasteiger partial charge in [0.15, 0.2) is 0 Å². The van der Waals surface area contributed by atoms with Gasteiger partial charge in [-0.2, -0.15) is 5.10 Å². The van der Waals surface area contributed by atoms with Gasteiger partial charge >= 0.3 is 0 Å². The number of non-ortho nitro benzene ring substituents is 1. The van der Waals surface area contributed by atoms with E-state index in [1.165, 1.54) is 12.1 Å². The highest BCUT2D eigenvalue weighted by molar-refractivity contribution is 5.66. The molecule has 0 fully saturated rings. The van der Waals surface area contributed by atoms with E-state index in [0.717, 1.165) is 36.5 Å². The molecule has 1 aliphatic heterocycles. The maximum Gasteiger partial charge on any atom is 0.269 e. The zero-order chi connectivity index (χ0) is 12.5. The molecule has 1 aromatic heterocycles. The zero-order valence-electron chi connectivity index (χ0n) is 9.67. The van der Waals surface area contributed by atoms with Gasteiger partial charge in [0.2, 0.25) is 0 Å². The summed E-state index contributed by atoms with van der Waals surface area (Å²) in [4.78, 5) is 10.2. The van der Waals surface area contributed by atoms with Gasteiger partial charge in [0.1, 0.15) is 0 Å². The summed E-state index contributed by atoms with van der Waals surface area (Å²) in [5.74, 6) is 0. The highest BCUT2D eigenvalue weighted by atomic mass is 16.6. The molecule has 2 aromatic rings. The second-order valence-corrected chi connectivity index (χ2v) is 4.21. The van der Waals surface area contributed by atoms with E-state index in [-0.39, 0.29) is 5.69 Å². The predicted molar refractivity (Wildman–Crippen MR) is 66.0 cm³/mol. The van der Waals surface area contributed by atoms with Crippen molar-refractivity contribution in [2.75, 3.05) is 6.54 Å². The number of nitro groups is 1. The molecule has 0 saturated heterocycles. The van der Waals surface area contributed by atoms with Crippen LogP contribution in [0.1, 0.15) is 5.69 Å². The minimum Gasteiger partial charge on any atom is -0.309 e. The predicted octanol–water partition coefficient (Wildman–Crippen LogP) is 1.56. The Morgan fingerprint density at radius 1 is 1.33 bits per heavy atom. The lowest BCUT2D eigenvalue weighted by atomic mass is 10.1. The zero-order valence-corrected chi connectivity index (χ0v) is 9.67. The molecule has 6 heteroatoms. The van der Waals surface area contributed by atoms with Crippen LogP contribution in [0.5, 0.6) is 0 Å². The third kappa shape index (κ3) is 1.76. The molecule has 0 saturated carbocycles. The maximum absolute atomic E-state index is 10.6. The van der Waals surface area contributed by atoms with Crippen LogP contribution < -0.4 is 5.32 Å². The molecule has 0 spiro atoms. The molecule has 0 radical (unpaired) electrons. The van der Waals surface area contributed by atoms with Gasteiger partial charge in [0.05, 0.1) is 23.4 Å². The fourth-order valence-electron chi connectivity index (χ4n) is 2.19. The number of benzene rings is 1. The molecule has 3 rings (SSSR count). The first kappa shape index (κ1) is 10.9. The van der Waals surface area contributed by atoms with Gasteiger partial charge in [-0.25, -0.2) is 0 Å². The van der Waals surface area contributed by atoms with Crippen LogP contribution in [0.4, 0.5) is 5.69 Å². The number of nitro benzene ring substituents is 1. The lowest BCUT2D eigenvalue weighted by Crippen LogP contribution is -2.28. The van der Waals surface area contributed by atoms with Crippen LogP contribution in [0.25, 0.3) is 11.1 Å². The van der Waals surface area contributed by atoms with Crippen molar-refractivity contribution in [1.82, 2.24) is 15.1 Å². The van der Waals surface area contributed by atoms with E-state index in [1.807, 2.05) is 10.9 Å². The number of rotatable bonds is 2. The minimum absolute atomic E-state index is 0.109. The van der Waals surface area contributed by atoms with Crippen LogP contribution in [-0.2, 0) is 13.1 Å². The fourth-order valence-corrected chi connectivity index (χ4v) is 2.19. The van der Waals surface area contributed by atoms with E-state index >= 15 is 0 Å². The van der Waals surface area contributed by atoms with E-state index in [0.29, 0.717) is 0 Å². The van der Waals surface area contributed by atoms with Gasteiger partial charge < -0.3 is 5.32 Å². The van der Waals surface area contributed by atoms with Crippen molar-refractivity contribution in [3.63, 3.8) is 0 Å². The lowest BCUT2D eigenvalue weighted by Gasteiger charge is -2.16. The molecule has 1 aromatic carbocycles. The van der Waals surface area contributed by atoms with E-state index in [9.17, 15) is 10.1 Å². The van der Waals surface area contributed by atoms with E-state index in [2.05, 4.69) is 10.4 Å². The Labute approximate surface area is 103 Å². The topological polar surface area (TPSA) is 73.0 Å². The third-order valence-corrected chi connectivity index (χ3v) is 3.13. The number of fused-ring (bicyclic) bond motifs is 1. The standard InChI is InChI=1S/C12H12N4O2/c17-16(18)10-3-1-9(2-4-10)11-7-14-15-6-5-13-8-12(11)15/h1-4,7,13H,5-6,8H2. The number of hydrogen-bond donors (Lipinski definition) is 1. The molecule has 0 atom stereocenters. The minimum atomic E-state index is -0.390. The van der Waals surface area contributed by atoms with Crippen molar-refractivity contribution in [1.29, 1.82) is 0 Å². The summed E-state index contributed by atoms with van der Waals surface area (Å²) >= 11 is 0. The molecule has 2 heterocycles. The molecule has 1 N–H and O–H groups in total. The quantitative estimate of drug-likeness (QED) is 0.642. The van der Waals surface area contributed by atoms with E-state index < -0.39 is 4.92 Å². The average molecular weight is 244 g/mol. The van der Waals surface area contributed by atoms with Crippen molar-refractivity contribution in [3.8, 4) is 11.1 Å². The van der Waals surface area contributed by atoms with E-state index in [4.69, 9.17) is 0 Å². The van der Waals surface area contributed by atoms with Gasteiger partial charge in [-0.05, 0) is 17.7 Å². The summed E-state index contributed by atoms with van der Waals surface area (Å²) in [5.41, 5.74) is 3.25. The summed E-state index contributed by atoms with van der Waals surface area (Å²) < 4.78 is 1.98. The van der Waals surface area contributed by atoms with Crippen molar-refractivity contribution in [2.24, 2.45) is 0 Å². The van der Waals surface area contributed by atoms with Gasteiger partial charge in [-0.3, -0.25) is 14.8 Å². The van der Waals surface area contributed by atoms with Crippen molar-refractivity contribution < 1.29 is 4.92 Å². The Morgan fingerprint density at radius 2 is 2.11 bits per heavy atom.